The summed E-state index contributed by atoms with van der Waals surface area (Å²) < 4.78 is 10.7. The lowest BCUT2D eigenvalue weighted by atomic mass is 10.0. The van der Waals surface area contributed by atoms with E-state index in [1.807, 2.05) is 60.5 Å². The van der Waals surface area contributed by atoms with Crippen molar-refractivity contribution in [2.45, 2.75) is 6.92 Å². The van der Waals surface area contributed by atoms with Crippen LogP contribution >= 0.6 is 0 Å². The molecule has 1 heterocycles. The fraction of sp³-hybridized carbons (Fsp3) is 0.107. The number of fused-ring (bicyclic) bond motifs is 1. The highest BCUT2D eigenvalue weighted by Gasteiger charge is 2.20. The van der Waals surface area contributed by atoms with E-state index in [2.05, 4.69) is 48.9 Å². The minimum absolute atomic E-state index is 0.624. The highest BCUT2D eigenvalue weighted by Crippen LogP contribution is 2.33. The molecule has 0 amide bonds. The number of benzene rings is 3. The molecule has 0 unspecified atom stereocenters. The molecule has 3 aromatic carbocycles. The number of allylic oxidation sites excluding steroid dienone is 3. The second kappa shape index (κ2) is 9.49. The van der Waals surface area contributed by atoms with Crippen LogP contribution in [0.3, 0.4) is 0 Å². The summed E-state index contributed by atoms with van der Waals surface area (Å²) in [6.07, 6.45) is 5.89. The molecule has 0 spiro atoms. The van der Waals surface area contributed by atoms with Crippen LogP contribution in [0.1, 0.15) is 12.5 Å². The zero-order chi connectivity index (χ0) is 23.4. The molecule has 4 rings (SSSR count). The summed E-state index contributed by atoms with van der Waals surface area (Å²) in [6.45, 7) is 10.3. The molecular formula is C28H27N3O2. The van der Waals surface area contributed by atoms with Crippen molar-refractivity contribution in [3.05, 3.63) is 109 Å². The van der Waals surface area contributed by atoms with Gasteiger partial charge in [-0.2, -0.15) is 0 Å². The Morgan fingerprint density at radius 2 is 1.73 bits per heavy atom. The van der Waals surface area contributed by atoms with E-state index in [0.29, 0.717) is 17.3 Å². The molecule has 0 aliphatic carbocycles. The van der Waals surface area contributed by atoms with Crippen molar-refractivity contribution in [1.29, 1.82) is 0 Å². The molecule has 1 aliphatic rings. The summed E-state index contributed by atoms with van der Waals surface area (Å²) >= 11 is 0. The third kappa shape index (κ3) is 4.67. The maximum absolute atomic E-state index is 5.41. The Kier molecular flexibility index (Phi) is 6.31. The predicted octanol–water partition coefficient (Wildman–Crippen LogP) is 6.39. The Balaban J connectivity index is 1.75. The summed E-state index contributed by atoms with van der Waals surface area (Å²) in [5.74, 6) is 1.95. The lowest BCUT2D eigenvalue weighted by molar-refractivity contribution is 0.355. The molecule has 0 aromatic heterocycles. The first kappa shape index (κ1) is 22.0. The standard InChI is InChI=1S/C28H27N3O2/c1-19(2)17-25(24-12-8-10-21-9-6-7-11-23(21)24)31-20(3)13-16-28(30-31)29-22-14-15-26(32-4)27(18-22)33-5/h6-18H,1,3H2,2,4-5H3,(H,29,30). The van der Waals surface area contributed by atoms with Gasteiger partial charge < -0.3 is 9.47 Å². The van der Waals surface area contributed by atoms with E-state index in [1.165, 1.54) is 5.39 Å². The first-order valence-corrected chi connectivity index (χ1v) is 10.6. The van der Waals surface area contributed by atoms with Crippen LogP contribution in [0.25, 0.3) is 16.5 Å². The Hall–Kier alpha value is -4.25. The maximum atomic E-state index is 5.41. The number of ether oxygens (including phenoxy) is 2. The number of methoxy groups -OCH3 is 2. The molecule has 33 heavy (non-hydrogen) atoms. The molecule has 0 fully saturated rings. The molecule has 0 radical (unpaired) electrons. The van der Waals surface area contributed by atoms with Gasteiger partial charge in [-0.25, -0.2) is 4.99 Å². The van der Waals surface area contributed by atoms with Crippen LogP contribution in [0.5, 0.6) is 11.5 Å². The van der Waals surface area contributed by atoms with Gasteiger partial charge in [-0.1, -0.05) is 61.2 Å². The first-order chi connectivity index (χ1) is 16.0. The van der Waals surface area contributed by atoms with Crippen LogP contribution in [0, 0.1) is 0 Å². The van der Waals surface area contributed by atoms with Gasteiger partial charge in [0.25, 0.3) is 0 Å². The third-order valence-corrected chi connectivity index (χ3v) is 5.25. The molecule has 1 aliphatic heterocycles. The minimum atomic E-state index is 0.624. The van der Waals surface area contributed by atoms with E-state index in [4.69, 9.17) is 14.5 Å². The van der Waals surface area contributed by atoms with E-state index < -0.39 is 0 Å². The summed E-state index contributed by atoms with van der Waals surface area (Å²) in [5, 5.41) is 4.26. The van der Waals surface area contributed by atoms with Crippen molar-refractivity contribution in [1.82, 2.24) is 10.4 Å². The maximum Gasteiger partial charge on any atom is 0.162 e. The monoisotopic (exact) mass is 437 g/mol. The van der Waals surface area contributed by atoms with Crippen LogP contribution in [-0.4, -0.2) is 25.1 Å². The lowest BCUT2D eigenvalue weighted by Gasteiger charge is -2.32. The Bertz CT molecular complexity index is 1310. The van der Waals surface area contributed by atoms with E-state index in [1.54, 1.807) is 14.2 Å². The van der Waals surface area contributed by atoms with Gasteiger partial charge in [0, 0.05) is 11.6 Å². The second-order valence-electron chi connectivity index (χ2n) is 7.71. The van der Waals surface area contributed by atoms with E-state index in [9.17, 15) is 0 Å². The van der Waals surface area contributed by atoms with Crippen LogP contribution in [-0.2, 0) is 0 Å². The first-order valence-electron chi connectivity index (χ1n) is 10.6. The smallest absolute Gasteiger partial charge is 0.162 e. The molecule has 0 bridgehead atoms. The van der Waals surface area contributed by atoms with E-state index in [0.717, 1.165) is 33.6 Å². The zero-order valence-electron chi connectivity index (χ0n) is 19.1. The fourth-order valence-electron chi connectivity index (χ4n) is 3.73. The SMILES string of the molecule is C=C(C)C=C(c1cccc2ccccc12)N1NC(=Nc2ccc(OC)c(OC)c2)C=CC1=C. The normalized spacial score (nSPS) is 15.0. The van der Waals surface area contributed by atoms with Crippen LogP contribution in [0.2, 0.25) is 0 Å². The number of rotatable bonds is 6. The number of hydrogen-bond acceptors (Lipinski definition) is 4. The highest BCUT2D eigenvalue weighted by molar-refractivity contribution is 5.99. The number of hydrazine groups is 1. The summed E-state index contributed by atoms with van der Waals surface area (Å²) in [4.78, 5) is 4.76. The molecule has 166 valence electrons. The van der Waals surface area contributed by atoms with Gasteiger partial charge in [-0.3, -0.25) is 10.4 Å². The Labute approximate surface area is 194 Å². The molecule has 5 nitrogen and oxygen atoms in total. The van der Waals surface area contributed by atoms with Crippen LogP contribution in [0.15, 0.2) is 108 Å². The molecule has 3 aromatic rings. The van der Waals surface area contributed by atoms with Gasteiger partial charge in [-0.05, 0) is 48.1 Å². The fourth-order valence-corrected chi connectivity index (χ4v) is 3.73. The predicted molar refractivity (Wildman–Crippen MR) is 137 cm³/mol. The van der Waals surface area contributed by atoms with Crippen molar-refractivity contribution in [2.24, 2.45) is 4.99 Å². The van der Waals surface area contributed by atoms with Crippen molar-refractivity contribution in [3.63, 3.8) is 0 Å². The third-order valence-electron chi connectivity index (χ3n) is 5.25. The number of amidine groups is 1. The van der Waals surface area contributed by atoms with Crippen LogP contribution < -0.4 is 14.9 Å². The largest absolute Gasteiger partial charge is 0.493 e. The van der Waals surface area contributed by atoms with E-state index >= 15 is 0 Å². The molecule has 5 heteroatoms. The molecule has 0 atom stereocenters. The highest BCUT2D eigenvalue weighted by atomic mass is 16.5. The number of hydrogen-bond donors (Lipinski definition) is 1. The lowest BCUT2D eigenvalue weighted by Crippen LogP contribution is -2.41. The van der Waals surface area contributed by atoms with Gasteiger partial charge in [-0.15, -0.1) is 0 Å². The second-order valence-corrected chi connectivity index (χ2v) is 7.71. The quantitative estimate of drug-likeness (QED) is 0.454. The number of nitrogens with one attached hydrogen (secondary N) is 1. The van der Waals surface area contributed by atoms with E-state index in [-0.39, 0.29) is 0 Å². The molecular weight excluding hydrogens is 410 g/mol. The van der Waals surface area contributed by atoms with Crippen molar-refractivity contribution in [3.8, 4) is 11.5 Å². The van der Waals surface area contributed by atoms with Crippen LogP contribution in [0.4, 0.5) is 5.69 Å². The van der Waals surface area contributed by atoms with Crippen molar-refractivity contribution >= 4 is 28.0 Å². The topological polar surface area (TPSA) is 46.1 Å². The van der Waals surface area contributed by atoms with Crippen molar-refractivity contribution < 1.29 is 9.47 Å². The van der Waals surface area contributed by atoms with Gasteiger partial charge >= 0.3 is 0 Å². The summed E-state index contributed by atoms with van der Waals surface area (Å²) in [5.41, 5.74) is 7.88. The Morgan fingerprint density at radius 1 is 0.970 bits per heavy atom. The summed E-state index contributed by atoms with van der Waals surface area (Å²) in [7, 11) is 3.22. The average Bonchev–Trinajstić information content (AvgIpc) is 2.83. The zero-order valence-corrected chi connectivity index (χ0v) is 19.1. The van der Waals surface area contributed by atoms with Gasteiger partial charge in [0.2, 0.25) is 0 Å². The Morgan fingerprint density at radius 3 is 2.48 bits per heavy atom. The average molecular weight is 438 g/mol. The molecule has 0 saturated carbocycles. The minimum Gasteiger partial charge on any atom is -0.493 e. The number of nitrogens with zero attached hydrogens (tertiary/aromatic N) is 2. The van der Waals surface area contributed by atoms with Gasteiger partial charge in [0.05, 0.1) is 31.3 Å². The molecule has 1 N–H and O–H groups in total. The number of aliphatic imine (C=N–C) groups is 1. The summed E-state index contributed by atoms with van der Waals surface area (Å²) in [6, 6.07) is 20.2. The van der Waals surface area contributed by atoms with Gasteiger partial charge in [0.1, 0.15) is 5.84 Å². The van der Waals surface area contributed by atoms with Crippen molar-refractivity contribution in [2.75, 3.05) is 14.2 Å². The molecule has 0 saturated heterocycles. The van der Waals surface area contributed by atoms with Gasteiger partial charge in [0.15, 0.2) is 11.5 Å².